The SMILES string of the molecule is CCC=CC1(C2CC=CC=C2C2=Nc3ccccc3C2)CC1C. The van der Waals surface area contributed by atoms with Crippen molar-refractivity contribution < 1.29 is 0 Å². The molecule has 1 aliphatic heterocycles. The van der Waals surface area contributed by atoms with Crippen molar-refractivity contribution in [3.8, 4) is 0 Å². The number of para-hydroxylation sites is 1. The third-order valence-corrected chi connectivity index (χ3v) is 5.83. The molecule has 1 heterocycles. The summed E-state index contributed by atoms with van der Waals surface area (Å²) in [5, 5.41) is 0. The highest BCUT2D eigenvalue weighted by molar-refractivity contribution is 6.07. The van der Waals surface area contributed by atoms with Crippen LogP contribution in [0.3, 0.4) is 0 Å². The van der Waals surface area contributed by atoms with E-state index in [-0.39, 0.29) is 0 Å². The van der Waals surface area contributed by atoms with Crippen LogP contribution in [0.15, 0.2) is 65.2 Å². The van der Waals surface area contributed by atoms with Crippen molar-refractivity contribution in [2.75, 3.05) is 0 Å². The highest BCUT2D eigenvalue weighted by atomic mass is 14.8. The molecule has 1 fully saturated rings. The standard InChI is InChI=1S/C22H25N/c1-3-4-13-22(15-16(22)2)19-11-7-6-10-18(19)21-14-17-9-5-8-12-20(17)23-21/h4-10,12-13,16,19H,3,11,14-15H2,1-2H3. The Labute approximate surface area is 139 Å². The van der Waals surface area contributed by atoms with E-state index in [0.717, 1.165) is 25.2 Å². The van der Waals surface area contributed by atoms with Gasteiger partial charge in [0, 0.05) is 12.1 Å². The van der Waals surface area contributed by atoms with Crippen LogP contribution in [0.1, 0.15) is 38.7 Å². The molecular weight excluding hydrogens is 278 g/mol. The molecule has 0 saturated heterocycles. The second kappa shape index (κ2) is 5.63. The summed E-state index contributed by atoms with van der Waals surface area (Å²) in [5.74, 6) is 1.38. The quantitative estimate of drug-likeness (QED) is 0.622. The van der Waals surface area contributed by atoms with Crippen molar-refractivity contribution in [3.63, 3.8) is 0 Å². The molecule has 1 nitrogen and oxygen atoms in total. The first kappa shape index (κ1) is 14.7. The van der Waals surface area contributed by atoms with E-state index >= 15 is 0 Å². The van der Waals surface area contributed by atoms with Gasteiger partial charge in [0.15, 0.2) is 0 Å². The Morgan fingerprint density at radius 2 is 2.13 bits per heavy atom. The monoisotopic (exact) mass is 303 g/mol. The molecule has 1 saturated carbocycles. The summed E-state index contributed by atoms with van der Waals surface area (Å²) in [6.07, 6.45) is 16.4. The summed E-state index contributed by atoms with van der Waals surface area (Å²) in [5.41, 5.74) is 5.68. The molecule has 0 N–H and O–H groups in total. The number of hydrogen-bond acceptors (Lipinski definition) is 1. The van der Waals surface area contributed by atoms with Crippen LogP contribution in [-0.2, 0) is 6.42 Å². The highest BCUT2D eigenvalue weighted by Gasteiger charge is 2.55. The van der Waals surface area contributed by atoms with Gasteiger partial charge in [0.05, 0.1) is 5.69 Å². The lowest BCUT2D eigenvalue weighted by Gasteiger charge is -2.29. The number of allylic oxidation sites excluding steroid dienone is 6. The molecule has 0 amide bonds. The van der Waals surface area contributed by atoms with E-state index < -0.39 is 0 Å². The van der Waals surface area contributed by atoms with E-state index in [9.17, 15) is 0 Å². The maximum absolute atomic E-state index is 4.96. The summed E-state index contributed by atoms with van der Waals surface area (Å²) < 4.78 is 0. The molecule has 118 valence electrons. The van der Waals surface area contributed by atoms with Crippen molar-refractivity contribution in [1.29, 1.82) is 0 Å². The summed E-state index contributed by atoms with van der Waals surface area (Å²) in [4.78, 5) is 4.96. The topological polar surface area (TPSA) is 12.4 Å². The molecule has 1 heteroatoms. The minimum absolute atomic E-state index is 0.365. The minimum atomic E-state index is 0.365. The molecule has 2 aliphatic carbocycles. The van der Waals surface area contributed by atoms with Gasteiger partial charge in [-0.05, 0) is 53.7 Å². The van der Waals surface area contributed by atoms with Gasteiger partial charge in [-0.15, -0.1) is 0 Å². The minimum Gasteiger partial charge on any atom is -0.253 e. The van der Waals surface area contributed by atoms with Crippen LogP contribution < -0.4 is 0 Å². The van der Waals surface area contributed by atoms with Gasteiger partial charge < -0.3 is 0 Å². The van der Waals surface area contributed by atoms with Gasteiger partial charge in [-0.3, -0.25) is 4.99 Å². The fourth-order valence-corrected chi connectivity index (χ4v) is 4.38. The second-order valence-electron chi connectivity index (χ2n) is 7.23. The van der Waals surface area contributed by atoms with Gasteiger partial charge in [0.25, 0.3) is 0 Å². The molecule has 0 spiro atoms. The van der Waals surface area contributed by atoms with Gasteiger partial charge in [-0.2, -0.15) is 0 Å². The fourth-order valence-electron chi connectivity index (χ4n) is 4.38. The zero-order chi connectivity index (χ0) is 15.9. The van der Waals surface area contributed by atoms with E-state index in [1.54, 1.807) is 0 Å². The van der Waals surface area contributed by atoms with Crippen LogP contribution in [0.4, 0.5) is 5.69 Å². The largest absolute Gasteiger partial charge is 0.253 e. The third-order valence-electron chi connectivity index (χ3n) is 5.83. The van der Waals surface area contributed by atoms with Gasteiger partial charge in [-0.1, -0.05) is 62.4 Å². The van der Waals surface area contributed by atoms with Crippen molar-refractivity contribution in [2.24, 2.45) is 22.2 Å². The van der Waals surface area contributed by atoms with E-state index in [2.05, 4.69) is 68.5 Å². The Morgan fingerprint density at radius 3 is 2.87 bits per heavy atom. The first-order valence-electron chi connectivity index (χ1n) is 8.95. The molecule has 3 atom stereocenters. The van der Waals surface area contributed by atoms with E-state index in [1.807, 2.05) is 0 Å². The lowest BCUT2D eigenvalue weighted by Crippen LogP contribution is -2.24. The predicted octanol–water partition coefficient (Wildman–Crippen LogP) is 5.81. The Balaban J connectivity index is 1.67. The maximum Gasteiger partial charge on any atom is 0.0669 e. The Hall–Kier alpha value is -1.89. The van der Waals surface area contributed by atoms with E-state index in [1.165, 1.54) is 29.0 Å². The fraction of sp³-hybridized carbons (Fsp3) is 0.409. The zero-order valence-electron chi connectivity index (χ0n) is 14.1. The van der Waals surface area contributed by atoms with E-state index in [4.69, 9.17) is 4.99 Å². The Morgan fingerprint density at radius 1 is 1.30 bits per heavy atom. The number of benzene rings is 1. The first-order chi connectivity index (χ1) is 11.2. The third kappa shape index (κ3) is 2.43. The number of nitrogens with zero attached hydrogens (tertiary/aromatic N) is 1. The molecule has 0 radical (unpaired) electrons. The Kier molecular flexibility index (Phi) is 3.60. The smallest absolute Gasteiger partial charge is 0.0669 e. The molecule has 23 heavy (non-hydrogen) atoms. The first-order valence-corrected chi connectivity index (χ1v) is 8.95. The van der Waals surface area contributed by atoms with Crippen molar-refractivity contribution >= 4 is 11.4 Å². The highest BCUT2D eigenvalue weighted by Crippen LogP contribution is 2.62. The summed E-state index contributed by atoms with van der Waals surface area (Å²) in [6, 6.07) is 8.57. The molecule has 3 aliphatic rings. The van der Waals surface area contributed by atoms with Gasteiger partial charge >= 0.3 is 0 Å². The maximum atomic E-state index is 4.96. The zero-order valence-corrected chi connectivity index (χ0v) is 14.1. The predicted molar refractivity (Wildman–Crippen MR) is 98.2 cm³/mol. The normalized spacial score (nSPS) is 31.9. The van der Waals surface area contributed by atoms with Crippen molar-refractivity contribution in [2.45, 2.75) is 39.5 Å². The second-order valence-corrected chi connectivity index (χ2v) is 7.23. The van der Waals surface area contributed by atoms with Crippen LogP contribution >= 0.6 is 0 Å². The van der Waals surface area contributed by atoms with Crippen LogP contribution in [0.5, 0.6) is 0 Å². The number of rotatable bonds is 4. The molecule has 4 rings (SSSR count). The van der Waals surface area contributed by atoms with Gasteiger partial charge in [-0.25, -0.2) is 0 Å². The number of aliphatic imine (C=N–C) groups is 1. The molecule has 1 aromatic carbocycles. The van der Waals surface area contributed by atoms with Crippen molar-refractivity contribution in [1.82, 2.24) is 0 Å². The van der Waals surface area contributed by atoms with Crippen LogP contribution in [0, 0.1) is 17.3 Å². The number of hydrogen-bond donors (Lipinski definition) is 0. The van der Waals surface area contributed by atoms with Crippen LogP contribution in [0.2, 0.25) is 0 Å². The molecule has 1 aromatic rings. The van der Waals surface area contributed by atoms with Gasteiger partial charge in [0.2, 0.25) is 0 Å². The summed E-state index contributed by atoms with van der Waals surface area (Å²) in [6.45, 7) is 4.63. The summed E-state index contributed by atoms with van der Waals surface area (Å²) >= 11 is 0. The van der Waals surface area contributed by atoms with Gasteiger partial charge in [0.1, 0.15) is 0 Å². The molecular formula is C22H25N. The molecule has 0 aromatic heterocycles. The van der Waals surface area contributed by atoms with Crippen molar-refractivity contribution in [3.05, 3.63) is 65.8 Å². The molecule has 3 unspecified atom stereocenters. The lowest BCUT2D eigenvalue weighted by molar-refractivity contribution is 0.414. The average molecular weight is 303 g/mol. The van der Waals surface area contributed by atoms with Crippen LogP contribution in [0.25, 0.3) is 0 Å². The summed E-state index contributed by atoms with van der Waals surface area (Å²) in [7, 11) is 0. The lowest BCUT2D eigenvalue weighted by atomic mass is 9.74. The van der Waals surface area contributed by atoms with Crippen LogP contribution in [-0.4, -0.2) is 5.71 Å². The number of fused-ring (bicyclic) bond motifs is 1. The average Bonchev–Trinajstić information content (AvgIpc) is 3.05. The Bertz CT molecular complexity index is 734. The van der Waals surface area contributed by atoms with E-state index in [0.29, 0.717) is 11.3 Å². The molecule has 0 bridgehead atoms.